The van der Waals surface area contributed by atoms with E-state index in [1.807, 2.05) is 6.92 Å². The molecule has 0 aliphatic carbocycles. The fourth-order valence-corrected chi connectivity index (χ4v) is 5.20. The average molecular weight is 407 g/mol. The molecule has 27 heavy (non-hydrogen) atoms. The summed E-state index contributed by atoms with van der Waals surface area (Å²) in [6.07, 6.45) is 0. The number of nitrogens with one attached hydrogen (secondary N) is 1. The van der Waals surface area contributed by atoms with Gasteiger partial charge in [-0.15, -0.1) is 12.4 Å². The summed E-state index contributed by atoms with van der Waals surface area (Å²) < 4.78 is 25.9. The minimum Gasteiger partial charge on any atom is -0.333 e. The van der Waals surface area contributed by atoms with Crippen LogP contribution in [-0.2, 0) is 9.84 Å². The van der Waals surface area contributed by atoms with Gasteiger partial charge in [0.1, 0.15) is 0 Å². The number of piperazine rings is 1. The maximum atomic E-state index is 13.0. The second kappa shape index (κ2) is 7.07. The van der Waals surface area contributed by atoms with Crippen molar-refractivity contribution < 1.29 is 18.0 Å². The third kappa shape index (κ3) is 3.05. The summed E-state index contributed by atoms with van der Waals surface area (Å²) in [6, 6.07) is 10.5. The normalized spacial score (nSPS) is 20.3. The van der Waals surface area contributed by atoms with Crippen LogP contribution < -0.4 is 5.32 Å². The molecule has 1 N–H and O–H groups in total. The number of ketones is 1. The van der Waals surface area contributed by atoms with Gasteiger partial charge in [0.05, 0.1) is 9.79 Å². The van der Waals surface area contributed by atoms with E-state index in [9.17, 15) is 18.0 Å². The quantitative estimate of drug-likeness (QED) is 0.667. The predicted octanol–water partition coefficient (Wildman–Crippen LogP) is 1.92. The van der Waals surface area contributed by atoms with Crippen molar-refractivity contribution in [3.8, 4) is 0 Å². The lowest BCUT2D eigenvalue weighted by molar-refractivity contribution is 0.0655. The first-order chi connectivity index (χ1) is 12.4. The number of rotatable bonds is 1. The summed E-state index contributed by atoms with van der Waals surface area (Å²) in [5.74, 6) is -0.553. The van der Waals surface area contributed by atoms with Crippen molar-refractivity contribution in [2.45, 2.75) is 22.8 Å². The molecule has 0 bridgehead atoms. The monoisotopic (exact) mass is 406 g/mol. The Labute approximate surface area is 163 Å². The molecule has 0 radical (unpaired) electrons. The maximum Gasteiger partial charge on any atom is 0.254 e. The zero-order valence-electron chi connectivity index (χ0n) is 14.6. The first-order valence-corrected chi connectivity index (χ1v) is 9.94. The Hall–Kier alpha value is -2.22. The molecule has 2 aliphatic rings. The van der Waals surface area contributed by atoms with Crippen LogP contribution in [0.15, 0.2) is 52.3 Å². The molecule has 2 aliphatic heterocycles. The predicted molar refractivity (Wildman–Crippen MR) is 102 cm³/mol. The lowest BCUT2D eigenvalue weighted by Gasteiger charge is -2.34. The topological polar surface area (TPSA) is 83.6 Å². The summed E-state index contributed by atoms with van der Waals surface area (Å²) in [5, 5.41) is 3.22. The highest BCUT2D eigenvalue weighted by molar-refractivity contribution is 7.91. The lowest BCUT2D eigenvalue weighted by atomic mass is 10.0. The van der Waals surface area contributed by atoms with Gasteiger partial charge in [-0.1, -0.05) is 12.1 Å². The van der Waals surface area contributed by atoms with Crippen molar-refractivity contribution in [2.24, 2.45) is 0 Å². The van der Waals surface area contributed by atoms with Crippen LogP contribution in [0.2, 0.25) is 0 Å². The number of sulfone groups is 1. The molecule has 0 saturated carbocycles. The Bertz CT molecular complexity index is 1040. The maximum absolute atomic E-state index is 13.0. The first kappa shape index (κ1) is 19.5. The Morgan fingerprint density at radius 3 is 2.56 bits per heavy atom. The van der Waals surface area contributed by atoms with Crippen molar-refractivity contribution in [1.82, 2.24) is 10.2 Å². The van der Waals surface area contributed by atoms with E-state index in [-0.39, 0.29) is 56.6 Å². The number of fused-ring (bicyclic) bond motifs is 2. The van der Waals surface area contributed by atoms with Crippen LogP contribution in [-0.4, -0.2) is 50.7 Å². The van der Waals surface area contributed by atoms with Gasteiger partial charge >= 0.3 is 0 Å². The summed E-state index contributed by atoms with van der Waals surface area (Å²) in [4.78, 5) is 27.2. The summed E-state index contributed by atoms with van der Waals surface area (Å²) in [6.45, 7) is 3.90. The second-order valence-corrected chi connectivity index (χ2v) is 8.48. The zero-order valence-corrected chi connectivity index (χ0v) is 16.3. The minimum absolute atomic E-state index is 0. The molecule has 2 aromatic carbocycles. The molecule has 0 unspecified atom stereocenters. The summed E-state index contributed by atoms with van der Waals surface area (Å²) in [5.41, 5.74) is 0.580. The van der Waals surface area contributed by atoms with Gasteiger partial charge in [-0.05, 0) is 37.3 Å². The van der Waals surface area contributed by atoms with Crippen molar-refractivity contribution in [3.05, 3.63) is 59.2 Å². The fourth-order valence-electron chi connectivity index (χ4n) is 3.53. The smallest absolute Gasteiger partial charge is 0.254 e. The van der Waals surface area contributed by atoms with E-state index in [0.717, 1.165) is 0 Å². The highest BCUT2D eigenvalue weighted by Gasteiger charge is 2.35. The molecule has 2 aromatic rings. The number of carbonyl (C=O) groups is 2. The first-order valence-electron chi connectivity index (χ1n) is 8.46. The van der Waals surface area contributed by atoms with Crippen LogP contribution in [0.4, 0.5) is 0 Å². The van der Waals surface area contributed by atoms with E-state index < -0.39 is 9.84 Å². The molecule has 1 saturated heterocycles. The highest BCUT2D eigenvalue weighted by atomic mass is 35.5. The van der Waals surface area contributed by atoms with Crippen molar-refractivity contribution >= 4 is 33.9 Å². The Morgan fingerprint density at radius 1 is 1.11 bits per heavy atom. The van der Waals surface area contributed by atoms with Crippen molar-refractivity contribution in [3.63, 3.8) is 0 Å². The van der Waals surface area contributed by atoms with Crippen LogP contribution in [0.25, 0.3) is 0 Å². The number of carbonyl (C=O) groups excluding carboxylic acids is 2. The molecule has 6 nitrogen and oxygen atoms in total. The molecule has 1 atom stereocenters. The number of halogens is 1. The summed E-state index contributed by atoms with van der Waals surface area (Å²) >= 11 is 0. The van der Waals surface area contributed by atoms with E-state index >= 15 is 0 Å². The van der Waals surface area contributed by atoms with Gasteiger partial charge in [0.15, 0.2) is 5.78 Å². The number of benzene rings is 2. The molecular weight excluding hydrogens is 388 g/mol. The van der Waals surface area contributed by atoms with E-state index in [1.54, 1.807) is 17.0 Å². The van der Waals surface area contributed by atoms with Crippen LogP contribution in [0.5, 0.6) is 0 Å². The Morgan fingerprint density at radius 2 is 1.81 bits per heavy atom. The number of nitrogens with zero attached hydrogens (tertiary/aromatic N) is 1. The fraction of sp³-hybridized carbons (Fsp3) is 0.263. The van der Waals surface area contributed by atoms with Crippen molar-refractivity contribution in [2.75, 3.05) is 19.6 Å². The van der Waals surface area contributed by atoms with Crippen LogP contribution in [0.3, 0.4) is 0 Å². The number of amides is 1. The van der Waals surface area contributed by atoms with Gasteiger partial charge in [-0.3, -0.25) is 9.59 Å². The standard InChI is InChI=1S/C19H18N2O4S.ClH/c1-12-11-20-8-9-21(12)19(23)13-6-7-15-17(10-13)26(24,25)16-5-3-2-4-14(16)18(15)22;/h2-7,10,12,20H,8-9,11H2,1H3;1H/t12-;/m1./s1. The molecule has 0 spiro atoms. The lowest BCUT2D eigenvalue weighted by Crippen LogP contribution is -2.52. The average Bonchev–Trinajstić information content (AvgIpc) is 2.66. The zero-order chi connectivity index (χ0) is 18.5. The van der Waals surface area contributed by atoms with Crippen LogP contribution in [0, 0.1) is 0 Å². The minimum atomic E-state index is -3.84. The van der Waals surface area contributed by atoms with E-state index in [0.29, 0.717) is 19.6 Å². The van der Waals surface area contributed by atoms with Gasteiger partial charge < -0.3 is 10.2 Å². The largest absolute Gasteiger partial charge is 0.333 e. The van der Waals surface area contributed by atoms with Gasteiger partial charge in [-0.2, -0.15) is 0 Å². The number of hydrogen-bond donors (Lipinski definition) is 1. The third-order valence-corrected chi connectivity index (χ3v) is 6.80. The molecular formula is C19H19ClN2O4S. The van der Waals surface area contributed by atoms with E-state index in [1.165, 1.54) is 30.3 Å². The van der Waals surface area contributed by atoms with E-state index in [2.05, 4.69) is 5.32 Å². The Kier molecular flexibility index (Phi) is 5.12. The third-order valence-electron chi connectivity index (χ3n) is 4.95. The molecule has 8 heteroatoms. The summed E-state index contributed by atoms with van der Waals surface area (Å²) in [7, 11) is -3.84. The van der Waals surface area contributed by atoms with Gasteiger partial charge in [0, 0.05) is 42.4 Å². The van der Waals surface area contributed by atoms with Crippen LogP contribution >= 0.6 is 12.4 Å². The second-order valence-electron chi connectivity index (χ2n) is 6.59. The molecule has 4 rings (SSSR count). The highest BCUT2D eigenvalue weighted by Crippen LogP contribution is 2.35. The SMILES string of the molecule is C[C@@H]1CNCCN1C(=O)c1ccc2c(c1)S(=O)(=O)c1ccccc1C2=O.Cl. The molecule has 1 fully saturated rings. The van der Waals surface area contributed by atoms with E-state index in [4.69, 9.17) is 0 Å². The molecule has 142 valence electrons. The number of hydrogen-bond acceptors (Lipinski definition) is 5. The van der Waals surface area contributed by atoms with Crippen LogP contribution in [0.1, 0.15) is 33.2 Å². The Balaban J connectivity index is 0.00000210. The van der Waals surface area contributed by atoms with Gasteiger partial charge in [0.2, 0.25) is 9.84 Å². The van der Waals surface area contributed by atoms with Crippen molar-refractivity contribution in [1.29, 1.82) is 0 Å². The molecule has 1 amide bonds. The van der Waals surface area contributed by atoms with Gasteiger partial charge in [0.25, 0.3) is 5.91 Å². The molecule has 2 heterocycles. The molecule has 0 aromatic heterocycles. The van der Waals surface area contributed by atoms with Gasteiger partial charge in [-0.25, -0.2) is 8.42 Å².